The maximum absolute atomic E-state index is 11.1. The van der Waals surface area contributed by atoms with Crippen LogP contribution in [0, 0.1) is 0 Å². The number of nitrogens with two attached hydrogens (primary N) is 1. The zero-order valence-corrected chi connectivity index (χ0v) is 9.10. The molecular formula is C12H14N2O2. The van der Waals surface area contributed by atoms with Gasteiger partial charge in [0.25, 0.3) is 0 Å². The van der Waals surface area contributed by atoms with E-state index in [-0.39, 0.29) is 5.56 Å². The molecule has 0 saturated heterocycles. The number of benzene rings is 1. The molecule has 0 bridgehead atoms. The fourth-order valence-corrected chi connectivity index (χ4v) is 1.97. The van der Waals surface area contributed by atoms with E-state index in [4.69, 9.17) is 10.8 Å². The Kier molecular flexibility index (Phi) is 2.56. The van der Waals surface area contributed by atoms with Crippen LogP contribution in [0.5, 0.6) is 0 Å². The van der Waals surface area contributed by atoms with Crippen molar-refractivity contribution in [3.05, 3.63) is 30.0 Å². The molecule has 4 nitrogen and oxygen atoms in total. The van der Waals surface area contributed by atoms with Crippen molar-refractivity contribution in [1.82, 2.24) is 4.57 Å². The minimum atomic E-state index is -0.933. The van der Waals surface area contributed by atoms with Crippen LogP contribution in [0.2, 0.25) is 0 Å². The van der Waals surface area contributed by atoms with Gasteiger partial charge in [-0.05, 0) is 18.6 Å². The van der Waals surface area contributed by atoms with Crippen molar-refractivity contribution in [3.8, 4) is 0 Å². The summed E-state index contributed by atoms with van der Waals surface area (Å²) in [5.41, 5.74) is 7.51. The summed E-state index contributed by atoms with van der Waals surface area (Å²) in [7, 11) is 0. The zero-order chi connectivity index (χ0) is 11.7. The second-order valence-corrected chi connectivity index (χ2v) is 3.78. The minimum Gasteiger partial charge on any atom is -0.478 e. The van der Waals surface area contributed by atoms with E-state index in [0.717, 1.165) is 18.5 Å². The van der Waals surface area contributed by atoms with Crippen molar-refractivity contribution in [2.75, 3.05) is 5.73 Å². The van der Waals surface area contributed by atoms with E-state index in [1.54, 1.807) is 12.3 Å². The lowest BCUT2D eigenvalue weighted by Crippen LogP contribution is -1.96. The van der Waals surface area contributed by atoms with Crippen LogP contribution in [0.3, 0.4) is 0 Å². The summed E-state index contributed by atoms with van der Waals surface area (Å²) in [5, 5.41) is 9.76. The number of carbonyl (C=O) groups is 1. The first kappa shape index (κ1) is 10.5. The monoisotopic (exact) mass is 218 g/mol. The SMILES string of the molecule is CCCn1cc(C(=O)O)c2c(N)cccc21. The lowest BCUT2D eigenvalue weighted by Gasteiger charge is -2.02. The summed E-state index contributed by atoms with van der Waals surface area (Å²) < 4.78 is 1.94. The number of nitrogen functional groups attached to an aromatic ring is 1. The Labute approximate surface area is 93.3 Å². The molecule has 0 fully saturated rings. The Hall–Kier alpha value is -1.97. The number of aromatic carboxylic acids is 1. The van der Waals surface area contributed by atoms with Crippen molar-refractivity contribution in [2.24, 2.45) is 0 Å². The average molecular weight is 218 g/mol. The maximum Gasteiger partial charge on any atom is 0.337 e. The molecule has 4 heteroatoms. The summed E-state index contributed by atoms with van der Waals surface area (Å²) in [5.74, 6) is -0.933. The summed E-state index contributed by atoms with van der Waals surface area (Å²) in [6, 6.07) is 5.47. The number of hydrogen-bond acceptors (Lipinski definition) is 2. The number of nitrogens with zero attached hydrogens (tertiary/aromatic N) is 1. The number of carboxylic acids is 1. The lowest BCUT2D eigenvalue weighted by atomic mass is 10.1. The molecule has 1 aromatic heterocycles. The van der Waals surface area contributed by atoms with Crippen LogP contribution in [0.4, 0.5) is 5.69 Å². The third-order valence-electron chi connectivity index (χ3n) is 2.63. The van der Waals surface area contributed by atoms with Gasteiger partial charge in [-0.3, -0.25) is 0 Å². The molecule has 0 atom stereocenters. The van der Waals surface area contributed by atoms with E-state index in [2.05, 4.69) is 6.92 Å². The number of carboxylic acid groups (broad SMARTS) is 1. The minimum absolute atomic E-state index is 0.279. The molecule has 1 aromatic carbocycles. The molecule has 0 saturated carbocycles. The third-order valence-corrected chi connectivity index (χ3v) is 2.63. The van der Waals surface area contributed by atoms with Gasteiger partial charge in [0.1, 0.15) is 0 Å². The smallest absolute Gasteiger partial charge is 0.337 e. The second-order valence-electron chi connectivity index (χ2n) is 3.78. The standard InChI is InChI=1S/C12H14N2O2/c1-2-6-14-7-8(12(15)16)11-9(13)4-3-5-10(11)14/h3-5,7H,2,6,13H2,1H3,(H,15,16). The predicted octanol–water partition coefficient (Wildman–Crippen LogP) is 2.33. The number of fused-ring (bicyclic) bond motifs is 1. The molecule has 0 amide bonds. The molecule has 0 unspecified atom stereocenters. The van der Waals surface area contributed by atoms with E-state index in [1.807, 2.05) is 16.7 Å². The van der Waals surface area contributed by atoms with Gasteiger partial charge in [0.05, 0.1) is 11.1 Å². The Morgan fingerprint density at radius 3 is 2.88 bits per heavy atom. The summed E-state index contributed by atoms with van der Waals surface area (Å²) in [6.07, 6.45) is 2.62. The van der Waals surface area contributed by atoms with E-state index < -0.39 is 5.97 Å². The average Bonchev–Trinajstić information content (AvgIpc) is 2.60. The van der Waals surface area contributed by atoms with Crippen molar-refractivity contribution in [1.29, 1.82) is 0 Å². The molecule has 3 N–H and O–H groups in total. The van der Waals surface area contributed by atoms with Gasteiger partial charge in [0, 0.05) is 23.8 Å². The van der Waals surface area contributed by atoms with Crippen LogP contribution in [0.1, 0.15) is 23.7 Å². The van der Waals surface area contributed by atoms with Crippen molar-refractivity contribution >= 4 is 22.6 Å². The van der Waals surface area contributed by atoms with Crippen LogP contribution in [-0.2, 0) is 6.54 Å². The summed E-state index contributed by atoms with van der Waals surface area (Å²) >= 11 is 0. The van der Waals surface area contributed by atoms with Crippen LogP contribution in [-0.4, -0.2) is 15.6 Å². The highest BCUT2D eigenvalue weighted by atomic mass is 16.4. The molecule has 0 aliphatic rings. The second kappa shape index (κ2) is 3.89. The van der Waals surface area contributed by atoms with Gasteiger partial charge in [0.2, 0.25) is 0 Å². The first-order chi connectivity index (χ1) is 7.65. The Morgan fingerprint density at radius 2 is 2.25 bits per heavy atom. The molecule has 0 aliphatic heterocycles. The number of rotatable bonds is 3. The maximum atomic E-state index is 11.1. The van der Waals surface area contributed by atoms with Gasteiger partial charge in [0.15, 0.2) is 0 Å². The Balaban J connectivity index is 2.76. The van der Waals surface area contributed by atoms with Gasteiger partial charge in [-0.2, -0.15) is 0 Å². The number of aryl methyl sites for hydroxylation is 1. The van der Waals surface area contributed by atoms with Gasteiger partial charge in [-0.1, -0.05) is 13.0 Å². The summed E-state index contributed by atoms with van der Waals surface area (Å²) in [4.78, 5) is 11.1. The van der Waals surface area contributed by atoms with Gasteiger partial charge in [-0.25, -0.2) is 4.79 Å². The topological polar surface area (TPSA) is 68.2 Å². The van der Waals surface area contributed by atoms with Gasteiger partial charge >= 0.3 is 5.97 Å². The number of aromatic nitrogens is 1. The molecule has 2 rings (SSSR count). The molecule has 16 heavy (non-hydrogen) atoms. The Morgan fingerprint density at radius 1 is 1.50 bits per heavy atom. The quantitative estimate of drug-likeness (QED) is 0.777. The molecule has 1 heterocycles. The highest BCUT2D eigenvalue weighted by Gasteiger charge is 2.15. The third kappa shape index (κ3) is 1.52. The van der Waals surface area contributed by atoms with Crippen LogP contribution >= 0.6 is 0 Å². The van der Waals surface area contributed by atoms with E-state index in [9.17, 15) is 4.79 Å². The Bertz CT molecular complexity index is 543. The largest absolute Gasteiger partial charge is 0.478 e. The van der Waals surface area contributed by atoms with Crippen LogP contribution in [0.15, 0.2) is 24.4 Å². The zero-order valence-electron chi connectivity index (χ0n) is 9.10. The summed E-state index contributed by atoms with van der Waals surface area (Å²) in [6.45, 7) is 2.85. The van der Waals surface area contributed by atoms with Crippen molar-refractivity contribution < 1.29 is 9.90 Å². The highest BCUT2D eigenvalue weighted by Crippen LogP contribution is 2.27. The van der Waals surface area contributed by atoms with Crippen molar-refractivity contribution in [3.63, 3.8) is 0 Å². The molecule has 0 radical (unpaired) electrons. The number of hydrogen-bond donors (Lipinski definition) is 2. The first-order valence-electron chi connectivity index (χ1n) is 5.25. The van der Waals surface area contributed by atoms with E-state index in [0.29, 0.717) is 11.1 Å². The van der Waals surface area contributed by atoms with Gasteiger partial charge in [-0.15, -0.1) is 0 Å². The van der Waals surface area contributed by atoms with E-state index >= 15 is 0 Å². The lowest BCUT2D eigenvalue weighted by molar-refractivity contribution is 0.0699. The van der Waals surface area contributed by atoms with Crippen LogP contribution in [0.25, 0.3) is 10.9 Å². The van der Waals surface area contributed by atoms with Gasteiger partial charge < -0.3 is 15.4 Å². The highest BCUT2D eigenvalue weighted by molar-refractivity contribution is 6.08. The van der Waals surface area contributed by atoms with E-state index in [1.165, 1.54) is 0 Å². The molecule has 0 aliphatic carbocycles. The molecule has 0 spiro atoms. The molecule has 84 valence electrons. The number of anilines is 1. The normalized spacial score (nSPS) is 10.8. The predicted molar refractivity (Wildman–Crippen MR) is 63.6 cm³/mol. The fraction of sp³-hybridized carbons (Fsp3) is 0.250. The fourth-order valence-electron chi connectivity index (χ4n) is 1.97. The van der Waals surface area contributed by atoms with Crippen LogP contribution < -0.4 is 5.73 Å². The van der Waals surface area contributed by atoms with Crippen molar-refractivity contribution in [2.45, 2.75) is 19.9 Å². The molecular weight excluding hydrogens is 204 g/mol. The first-order valence-corrected chi connectivity index (χ1v) is 5.25. The molecule has 2 aromatic rings.